The number of hydrogen-bond acceptors (Lipinski definition) is 3. The first-order chi connectivity index (χ1) is 17.5. The number of aromatic nitrogens is 3. The molecule has 2 aromatic heterocycles. The van der Waals surface area contributed by atoms with E-state index in [1.807, 2.05) is 41.2 Å². The lowest BCUT2D eigenvalue weighted by molar-refractivity contribution is -0.0394. The predicted octanol–water partition coefficient (Wildman–Crippen LogP) is 6.14. The molecule has 2 unspecified atom stereocenters. The third-order valence-corrected chi connectivity index (χ3v) is 7.84. The largest absolute Gasteiger partial charge is 0.357 e. The SMILES string of the molecule is CC1(C)CC(Cn2ccc3cc(-c4cnn(C5CCCCO5)c4)ccc32)CN1C(=O)c1ccccc1. The summed E-state index contributed by atoms with van der Waals surface area (Å²) in [5.41, 5.74) is 4.13. The molecule has 0 N–H and O–H groups in total. The molecule has 2 fully saturated rings. The van der Waals surface area contributed by atoms with Gasteiger partial charge in [-0.3, -0.25) is 4.79 Å². The smallest absolute Gasteiger partial charge is 0.254 e. The molecule has 0 radical (unpaired) electrons. The van der Waals surface area contributed by atoms with E-state index >= 15 is 0 Å². The molecule has 6 rings (SSSR count). The van der Waals surface area contributed by atoms with Gasteiger partial charge in [0.1, 0.15) is 6.23 Å². The van der Waals surface area contributed by atoms with Crippen LogP contribution in [0, 0.1) is 5.92 Å². The molecule has 6 heteroatoms. The summed E-state index contributed by atoms with van der Waals surface area (Å²) in [6.45, 7) is 6.87. The lowest BCUT2D eigenvalue weighted by Crippen LogP contribution is -2.42. The van der Waals surface area contributed by atoms with E-state index in [0.29, 0.717) is 5.92 Å². The molecule has 6 nitrogen and oxygen atoms in total. The van der Waals surface area contributed by atoms with Crippen LogP contribution in [0.15, 0.2) is 73.2 Å². The van der Waals surface area contributed by atoms with E-state index in [4.69, 9.17) is 4.74 Å². The molecule has 36 heavy (non-hydrogen) atoms. The maximum Gasteiger partial charge on any atom is 0.254 e. The average molecular weight is 483 g/mol. The maximum absolute atomic E-state index is 13.2. The van der Waals surface area contributed by atoms with Crippen LogP contribution in [0.2, 0.25) is 0 Å². The number of benzene rings is 2. The fourth-order valence-electron chi connectivity index (χ4n) is 6.00. The summed E-state index contributed by atoms with van der Waals surface area (Å²) in [4.78, 5) is 15.3. The van der Waals surface area contributed by atoms with Crippen molar-refractivity contribution in [1.29, 1.82) is 0 Å². The second kappa shape index (κ2) is 9.25. The summed E-state index contributed by atoms with van der Waals surface area (Å²) < 4.78 is 10.2. The molecule has 4 heterocycles. The molecule has 0 bridgehead atoms. The van der Waals surface area contributed by atoms with Gasteiger partial charge in [0.05, 0.1) is 6.20 Å². The van der Waals surface area contributed by atoms with Crippen LogP contribution in [0.5, 0.6) is 0 Å². The summed E-state index contributed by atoms with van der Waals surface area (Å²) in [7, 11) is 0. The Hall–Kier alpha value is -3.38. The molecule has 1 amide bonds. The molecule has 0 aliphatic carbocycles. The Labute approximate surface area is 212 Å². The molecule has 0 spiro atoms. The normalized spacial score (nSPS) is 21.8. The van der Waals surface area contributed by atoms with E-state index in [-0.39, 0.29) is 17.7 Å². The van der Waals surface area contributed by atoms with Crippen LogP contribution in [0.3, 0.4) is 0 Å². The second-order valence-electron chi connectivity index (χ2n) is 10.9. The number of rotatable bonds is 5. The van der Waals surface area contributed by atoms with Gasteiger partial charge in [0.15, 0.2) is 0 Å². The highest BCUT2D eigenvalue weighted by Crippen LogP contribution is 2.36. The van der Waals surface area contributed by atoms with Crippen LogP contribution in [-0.2, 0) is 11.3 Å². The molecule has 2 atom stereocenters. The van der Waals surface area contributed by atoms with Gasteiger partial charge >= 0.3 is 0 Å². The number of carbonyl (C=O) groups is 1. The van der Waals surface area contributed by atoms with E-state index in [9.17, 15) is 4.79 Å². The lowest BCUT2D eigenvalue weighted by Gasteiger charge is -2.31. The van der Waals surface area contributed by atoms with E-state index in [2.05, 4.69) is 65.1 Å². The van der Waals surface area contributed by atoms with Gasteiger partial charge in [-0.25, -0.2) is 4.68 Å². The summed E-state index contributed by atoms with van der Waals surface area (Å²) >= 11 is 0. The lowest BCUT2D eigenvalue weighted by atomic mass is 9.96. The molecule has 4 aromatic rings. The van der Waals surface area contributed by atoms with Crippen LogP contribution in [-0.4, -0.2) is 43.8 Å². The third-order valence-electron chi connectivity index (χ3n) is 7.84. The molecule has 2 aliphatic rings. The van der Waals surface area contributed by atoms with Gasteiger partial charge < -0.3 is 14.2 Å². The van der Waals surface area contributed by atoms with E-state index in [0.717, 1.165) is 50.1 Å². The number of ether oxygens (including phenoxy) is 1. The molecular formula is C30H34N4O2. The van der Waals surface area contributed by atoms with Gasteiger partial charge in [-0.15, -0.1) is 0 Å². The van der Waals surface area contributed by atoms with Gasteiger partial charge in [0, 0.05) is 59.7 Å². The third kappa shape index (κ3) is 4.35. The Kier molecular flexibility index (Phi) is 5.92. The zero-order valence-corrected chi connectivity index (χ0v) is 21.1. The predicted molar refractivity (Wildman–Crippen MR) is 142 cm³/mol. The Bertz CT molecular complexity index is 1360. The van der Waals surface area contributed by atoms with E-state index in [1.54, 1.807) is 0 Å². The van der Waals surface area contributed by atoms with Gasteiger partial charge in [0.2, 0.25) is 0 Å². The number of carbonyl (C=O) groups excluding carboxylic acids is 1. The van der Waals surface area contributed by atoms with E-state index < -0.39 is 0 Å². The number of likely N-dealkylation sites (tertiary alicyclic amines) is 1. The number of hydrogen-bond donors (Lipinski definition) is 0. The minimum Gasteiger partial charge on any atom is -0.357 e. The van der Waals surface area contributed by atoms with E-state index in [1.165, 1.54) is 22.9 Å². The van der Waals surface area contributed by atoms with Crippen molar-refractivity contribution in [2.45, 2.75) is 57.8 Å². The molecular weight excluding hydrogens is 448 g/mol. The maximum atomic E-state index is 13.2. The first kappa shape index (κ1) is 23.0. The van der Waals surface area contributed by atoms with Gasteiger partial charge in [-0.1, -0.05) is 24.3 Å². The minimum absolute atomic E-state index is 0.0568. The summed E-state index contributed by atoms with van der Waals surface area (Å²) in [6, 6.07) is 18.5. The second-order valence-corrected chi connectivity index (χ2v) is 10.9. The first-order valence-corrected chi connectivity index (χ1v) is 13.1. The van der Waals surface area contributed by atoms with Gasteiger partial charge in [0.25, 0.3) is 5.91 Å². The van der Waals surface area contributed by atoms with Crippen LogP contribution >= 0.6 is 0 Å². The number of nitrogens with zero attached hydrogens (tertiary/aromatic N) is 4. The Morgan fingerprint density at radius 2 is 1.94 bits per heavy atom. The summed E-state index contributed by atoms with van der Waals surface area (Å²) in [5.74, 6) is 0.543. The quantitative estimate of drug-likeness (QED) is 0.343. The Morgan fingerprint density at radius 1 is 1.08 bits per heavy atom. The fourth-order valence-corrected chi connectivity index (χ4v) is 6.00. The average Bonchev–Trinajstić information content (AvgIpc) is 3.62. The van der Waals surface area contributed by atoms with Crippen molar-refractivity contribution < 1.29 is 9.53 Å². The number of fused-ring (bicyclic) bond motifs is 1. The van der Waals surface area contributed by atoms with Crippen molar-refractivity contribution in [3.8, 4) is 11.1 Å². The Morgan fingerprint density at radius 3 is 2.75 bits per heavy atom. The van der Waals surface area contributed by atoms with Crippen LogP contribution < -0.4 is 0 Å². The standard InChI is InChI=1S/C30H34N4O2/c1-30(2)17-22(20-33(30)29(35)23-8-4-3-5-9-23)19-32-14-13-25-16-24(11-12-27(25)32)26-18-31-34(21-26)28-10-6-7-15-36-28/h3-5,8-9,11-14,16,18,21-22,28H,6-7,10,15,17,19-20H2,1-2H3. The number of amides is 1. The van der Waals surface area contributed by atoms with Gasteiger partial charge in [-0.05, 0) is 81.3 Å². The molecule has 2 saturated heterocycles. The topological polar surface area (TPSA) is 52.3 Å². The zero-order valence-electron chi connectivity index (χ0n) is 21.1. The van der Waals surface area contributed by atoms with Crippen molar-refractivity contribution >= 4 is 16.8 Å². The van der Waals surface area contributed by atoms with Crippen LogP contribution in [0.1, 0.15) is 56.1 Å². The Balaban J connectivity index is 1.18. The highest BCUT2D eigenvalue weighted by Gasteiger charge is 2.41. The van der Waals surface area contributed by atoms with Crippen molar-refractivity contribution in [2.24, 2.45) is 5.92 Å². The zero-order chi connectivity index (χ0) is 24.7. The molecule has 0 saturated carbocycles. The fraction of sp³-hybridized carbons (Fsp3) is 0.400. The molecule has 2 aliphatic heterocycles. The minimum atomic E-state index is -0.157. The first-order valence-electron chi connectivity index (χ1n) is 13.1. The molecule has 186 valence electrons. The van der Waals surface area contributed by atoms with Crippen molar-refractivity contribution in [3.05, 3.63) is 78.8 Å². The van der Waals surface area contributed by atoms with Crippen molar-refractivity contribution in [2.75, 3.05) is 13.2 Å². The van der Waals surface area contributed by atoms with Gasteiger partial charge in [-0.2, -0.15) is 5.10 Å². The summed E-state index contributed by atoms with van der Waals surface area (Å²) in [5, 5.41) is 5.81. The molecule has 2 aromatic carbocycles. The highest BCUT2D eigenvalue weighted by molar-refractivity contribution is 5.95. The highest BCUT2D eigenvalue weighted by atomic mass is 16.5. The monoisotopic (exact) mass is 482 g/mol. The van der Waals surface area contributed by atoms with Crippen LogP contribution in [0.25, 0.3) is 22.0 Å². The van der Waals surface area contributed by atoms with Crippen molar-refractivity contribution in [3.63, 3.8) is 0 Å². The van der Waals surface area contributed by atoms with Crippen molar-refractivity contribution in [1.82, 2.24) is 19.2 Å². The van der Waals surface area contributed by atoms with Crippen LogP contribution in [0.4, 0.5) is 0 Å². The summed E-state index contributed by atoms with van der Waals surface area (Å²) in [6.07, 6.45) is 10.6.